The van der Waals surface area contributed by atoms with Crippen LogP contribution in [0.1, 0.15) is 55.3 Å². The summed E-state index contributed by atoms with van der Waals surface area (Å²) in [5.74, 6) is -0.199. The maximum Gasteiger partial charge on any atom is 0.251 e. The van der Waals surface area contributed by atoms with Crippen LogP contribution in [0.25, 0.3) is 0 Å². The van der Waals surface area contributed by atoms with Crippen LogP contribution < -0.4 is 10.6 Å². The van der Waals surface area contributed by atoms with Crippen molar-refractivity contribution in [1.82, 2.24) is 30.2 Å². The molecule has 1 aromatic rings. The summed E-state index contributed by atoms with van der Waals surface area (Å²) in [4.78, 5) is 61.1. The SMILES string of the molecule is CN1CC[C@H]2CC(=O)N3CCC(CC3)N3CCC[C@H]3C(=O)N(CCNC(=O)c3ccc(F)cc3)CC(=O)NCC[C@H]2C1. The van der Waals surface area contributed by atoms with E-state index in [4.69, 9.17) is 0 Å². The van der Waals surface area contributed by atoms with E-state index in [2.05, 4.69) is 27.5 Å². The van der Waals surface area contributed by atoms with Gasteiger partial charge in [-0.25, -0.2) is 4.39 Å². The third-order valence-corrected chi connectivity index (χ3v) is 9.65. The standard InChI is InChI=1S/C31H45FN6O4/c1-35-15-9-23-19-29(40)36-16-10-26(11-17-36)38-14-2-3-27(38)31(42)37(21-28(39)33-12-8-24(23)20-35)18-13-34-30(41)22-4-6-25(32)7-5-22/h4-7,23-24,26-27H,2-3,8-21H2,1H3,(H,33,39)(H,34,41)/t23-,24-,27-/m0/s1. The highest BCUT2D eigenvalue weighted by Crippen LogP contribution is 2.31. The molecule has 0 aliphatic carbocycles. The molecule has 11 heteroatoms. The second kappa shape index (κ2) is 13.9. The Morgan fingerprint density at radius 2 is 1.74 bits per heavy atom. The van der Waals surface area contributed by atoms with Gasteiger partial charge in [0, 0.05) is 57.3 Å². The summed E-state index contributed by atoms with van der Waals surface area (Å²) in [7, 11) is 2.11. The van der Waals surface area contributed by atoms with Crippen molar-refractivity contribution in [3.63, 3.8) is 0 Å². The lowest BCUT2D eigenvalue weighted by Gasteiger charge is -2.41. The summed E-state index contributed by atoms with van der Waals surface area (Å²) in [6, 6.07) is 5.22. The maximum absolute atomic E-state index is 13.9. The first-order valence-corrected chi connectivity index (χ1v) is 15.6. The summed E-state index contributed by atoms with van der Waals surface area (Å²) in [6.07, 6.45) is 5.68. The molecule has 5 aliphatic rings. The third-order valence-electron chi connectivity index (χ3n) is 9.65. The predicted molar refractivity (Wildman–Crippen MR) is 156 cm³/mol. The van der Waals surface area contributed by atoms with Gasteiger partial charge >= 0.3 is 0 Å². The Morgan fingerprint density at radius 1 is 0.976 bits per heavy atom. The molecule has 5 fully saturated rings. The van der Waals surface area contributed by atoms with Crippen LogP contribution >= 0.6 is 0 Å². The number of hydrogen-bond acceptors (Lipinski definition) is 6. The van der Waals surface area contributed by atoms with Gasteiger partial charge in [0.1, 0.15) is 5.82 Å². The summed E-state index contributed by atoms with van der Waals surface area (Å²) < 4.78 is 13.3. The van der Waals surface area contributed by atoms with Gasteiger partial charge in [0.25, 0.3) is 5.91 Å². The van der Waals surface area contributed by atoms with Crippen molar-refractivity contribution in [2.45, 2.75) is 57.0 Å². The van der Waals surface area contributed by atoms with Crippen molar-refractivity contribution >= 4 is 23.6 Å². The number of benzene rings is 1. The molecule has 4 amide bonds. The average molecular weight is 585 g/mol. The summed E-state index contributed by atoms with van der Waals surface area (Å²) >= 11 is 0. The molecule has 10 nitrogen and oxygen atoms in total. The second-order valence-electron chi connectivity index (χ2n) is 12.4. The van der Waals surface area contributed by atoms with E-state index in [1.54, 1.807) is 4.90 Å². The number of rotatable bonds is 4. The highest BCUT2D eigenvalue weighted by Gasteiger charge is 2.40. The lowest BCUT2D eigenvalue weighted by atomic mass is 9.81. The molecular formula is C31H45FN6O4. The fourth-order valence-electron chi connectivity index (χ4n) is 7.26. The Labute approximate surface area is 247 Å². The first-order valence-electron chi connectivity index (χ1n) is 15.6. The predicted octanol–water partition coefficient (Wildman–Crippen LogP) is 1.32. The molecule has 5 heterocycles. The van der Waals surface area contributed by atoms with Gasteiger partial charge in [-0.05, 0) is 94.8 Å². The first kappa shape index (κ1) is 30.4. The molecule has 0 saturated carbocycles. The van der Waals surface area contributed by atoms with E-state index in [0.717, 1.165) is 71.2 Å². The van der Waals surface area contributed by atoms with Crippen molar-refractivity contribution in [2.75, 3.05) is 66.0 Å². The Bertz CT molecular complexity index is 1120. The Balaban J connectivity index is 1.29. The minimum atomic E-state index is -0.416. The number of carbonyl (C=O) groups is 4. The monoisotopic (exact) mass is 584 g/mol. The summed E-state index contributed by atoms with van der Waals surface area (Å²) in [5.41, 5.74) is 0.336. The van der Waals surface area contributed by atoms with E-state index < -0.39 is 5.82 Å². The molecule has 230 valence electrons. The summed E-state index contributed by atoms with van der Waals surface area (Å²) in [6.45, 7) is 4.96. The zero-order valence-corrected chi connectivity index (χ0v) is 24.7. The lowest BCUT2D eigenvalue weighted by molar-refractivity contribution is -0.141. The van der Waals surface area contributed by atoms with Crippen molar-refractivity contribution in [3.05, 3.63) is 35.6 Å². The molecule has 1 aromatic carbocycles. The van der Waals surface area contributed by atoms with Gasteiger partial charge < -0.3 is 25.3 Å². The molecule has 42 heavy (non-hydrogen) atoms. The number of amides is 4. The first-order chi connectivity index (χ1) is 20.3. The maximum atomic E-state index is 13.9. The molecule has 2 bridgehead atoms. The van der Waals surface area contributed by atoms with Crippen LogP contribution in [0.4, 0.5) is 4.39 Å². The number of hydrogen-bond donors (Lipinski definition) is 2. The van der Waals surface area contributed by atoms with Gasteiger partial charge in [0.2, 0.25) is 17.7 Å². The van der Waals surface area contributed by atoms with Crippen LogP contribution in [0.15, 0.2) is 24.3 Å². The van der Waals surface area contributed by atoms with E-state index >= 15 is 0 Å². The molecule has 0 spiro atoms. The van der Waals surface area contributed by atoms with E-state index in [-0.39, 0.29) is 55.3 Å². The average Bonchev–Trinajstić information content (AvgIpc) is 3.47. The van der Waals surface area contributed by atoms with Gasteiger partial charge in [-0.3, -0.25) is 24.1 Å². The van der Waals surface area contributed by atoms with Crippen molar-refractivity contribution in [2.24, 2.45) is 11.8 Å². The zero-order chi connectivity index (χ0) is 29.6. The Hall–Kier alpha value is -3.05. The van der Waals surface area contributed by atoms with Crippen molar-refractivity contribution < 1.29 is 23.6 Å². The molecule has 6 rings (SSSR count). The molecule has 0 aromatic heterocycles. The molecule has 0 radical (unpaired) electrons. The van der Waals surface area contributed by atoms with Gasteiger partial charge in [0.15, 0.2) is 0 Å². The Morgan fingerprint density at radius 3 is 2.50 bits per heavy atom. The topological polar surface area (TPSA) is 105 Å². The fourth-order valence-corrected chi connectivity index (χ4v) is 7.26. The molecule has 3 atom stereocenters. The van der Waals surface area contributed by atoms with E-state index in [9.17, 15) is 23.6 Å². The zero-order valence-electron chi connectivity index (χ0n) is 24.7. The molecule has 5 saturated heterocycles. The number of nitrogens with one attached hydrogen (secondary N) is 2. The Kier molecular flexibility index (Phi) is 10.1. The summed E-state index contributed by atoms with van der Waals surface area (Å²) in [5, 5.41) is 5.83. The van der Waals surface area contributed by atoms with Crippen LogP contribution in [0.2, 0.25) is 0 Å². The van der Waals surface area contributed by atoms with Crippen LogP contribution in [-0.4, -0.2) is 121 Å². The van der Waals surface area contributed by atoms with E-state index in [1.807, 2.05) is 4.90 Å². The van der Waals surface area contributed by atoms with Crippen LogP contribution in [-0.2, 0) is 14.4 Å². The largest absolute Gasteiger partial charge is 0.355 e. The quantitative estimate of drug-likeness (QED) is 0.553. The van der Waals surface area contributed by atoms with E-state index in [1.165, 1.54) is 24.3 Å². The smallest absolute Gasteiger partial charge is 0.251 e. The molecule has 5 aliphatic heterocycles. The molecule has 0 unspecified atom stereocenters. The van der Waals surface area contributed by atoms with Crippen molar-refractivity contribution in [3.8, 4) is 0 Å². The number of halogens is 1. The minimum absolute atomic E-state index is 0.0689. The minimum Gasteiger partial charge on any atom is -0.355 e. The van der Waals surface area contributed by atoms with Crippen molar-refractivity contribution in [1.29, 1.82) is 0 Å². The third kappa shape index (κ3) is 7.47. The normalized spacial score (nSPS) is 28.7. The molecule has 2 N–H and O–H groups in total. The fraction of sp³-hybridized carbons (Fsp3) is 0.677. The number of fused-ring (bicyclic) bond motifs is 9. The van der Waals surface area contributed by atoms with E-state index in [0.29, 0.717) is 30.4 Å². The highest BCUT2D eigenvalue weighted by molar-refractivity contribution is 5.94. The van der Waals surface area contributed by atoms with Gasteiger partial charge in [0.05, 0.1) is 12.6 Å². The highest BCUT2D eigenvalue weighted by atomic mass is 19.1. The van der Waals surface area contributed by atoms with Crippen LogP contribution in [0.5, 0.6) is 0 Å². The molecular weight excluding hydrogens is 539 g/mol. The second-order valence-corrected chi connectivity index (χ2v) is 12.4. The van der Waals surface area contributed by atoms with Gasteiger partial charge in [-0.15, -0.1) is 0 Å². The van der Waals surface area contributed by atoms with Gasteiger partial charge in [-0.1, -0.05) is 0 Å². The lowest BCUT2D eigenvalue weighted by Crippen LogP contribution is -2.54. The number of nitrogens with zero attached hydrogens (tertiary/aromatic N) is 4. The number of carbonyl (C=O) groups excluding carboxylic acids is 4. The van der Waals surface area contributed by atoms with Crippen LogP contribution in [0, 0.1) is 17.7 Å². The number of piperidine rings is 2. The number of likely N-dealkylation sites (tertiary alicyclic amines) is 1. The van der Waals surface area contributed by atoms with Gasteiger partial charge in [-0.2, -0.15) is 0 Å². The van der Waals surface area contributed by atoms with Crippen LogP contribution in [0.3, 0.4) is 0 Å².